The molecule has 0 radical (unpaired) electrons. The van der Waals surface area contributed by atoms with Crippen molar-refractivity contribution in [2.24, 2.45) is 0 Å². The molecular weight excluding hydrogens is 166 g/mol. The number of epoxide rings is 1. The predicted molar refractivity (Wildman–Crippen MR) is 50.7 cm³/mol. The molecule has 1 saturated carbocycles. The molecule has 0 aromatic rings. The standard InChI is InChI=1S/C10H19NO2/c12-6-2-5-11(7-10-8-13-10)9-3-1-4-9/h9-10,12H,1-8H2. The van der Waals surface area contributed by atoms with Crippen LogP contribution in [-0.4, -0.2) is 48.5 Å². The summed E-state index contributed by atoms with van der Waals surface area (Å²) in [7, 11) is 0. The van der Waals surface area contributed by atoms with E-state index in [1.165, 1.54) is 19.3 Å². The summed E-state index contributed by atoms with van der Waals surface area (Å²) in [5.41, 5.74) is 0. The Labute approximate surface area is 79.7 Å². The maximum absolute atomic E-state index is 8.78. The molecule has 13 heavy (non-hydrogen) atoms. The predicted octanol–water partition coefficient (Wildman–Crippen LogP) is 0.622. The Bertz CT molecular complexity index is 155. The molecule has 2 aliphatic rings. The molecule has 1 aliphatic heterocycles. The first-order chi connectivity index (χ1) is 6.40. The van der Waals surface area contributed by atoms with Crippen molar-refractivity contribution in [3.63, 3.8) is 0 Å². The minimum Gasteiger partial charge on any atom is -0.396 e. The van der Waals surface area contributed by atoms with Crippen LogP contribution in [0, 0.1) is 0 Å². The molecule has 0 aromatic heterocycles. The van der Waals surface area contributed by atoms with Gasteiger partial charge in [-0.2, -0.15) is 0 Å². The Kier molecular flexibility index (Phi) is 3.19. The molecule has 2 fully saturated rings. The zero-order valence-electron chi connectivity index (χ0n) is 8.11. The van der Waals surface area contributed by atoms with Gasteiger partial charge < -0.3 is 9.84 Å². The van der Waals surface area contributed by atoms with E-state index in [2.05, 4.69) is 4.90 Å². The number of aliphatic hydroxyl groups is 1. The van der Waals surface area contributed by atoms with Crippen LogP contribution in [0.4, 0.5) is 0 Å². The normalized spacial score (nSPS) is 27.7. The second kappa shape index (κ2) is 4.40. The summed E-state index contributed by atoms with van der Waals surface area (Å²) < 4.78 is 5.23. The van der Waals surface area contributed by atoms with Gasteiger partial charge in [-0.15, -0.1) is 0 Å². The van der Waals surface area contributed by atoms with Crippen molar-refractivity contribution < 1.29 is 9.84 Å². The lowest BCUT2D eigenvalue weighted by Crippen LogP contribution is -2.43. The Morgan fingerprint density at radius 2 is 2.15 bits per heavy atom. The molecule has 1 atom stereocenters. The highest BCUT2D eigenvalue weighted by Crippen LogP contribution is 2.26. The van der Waals surface area contributed by atoms with Crippen LogP contribution < -0.4 is 0 Å². The Hall–Kier alpha value is -0.120. The highest BCUT2D eigenvalue weighted by atomic mass is 16.6. The van der Waals surface area contributed by atoms with Crippen molar-refractivity contribution in [3.8, 4) is 0 Å². The molecule has 76 valence electrons. The van der Waals surface area contributed by atoms with Gasteiger partial charge in [0.15, 0.2) is 0 Å². The lowest BCUT2D eigenvalue weighted by molar-refractivity contribution is 0.107. The first-order valence-corrected chi connectivity index (χ1v) is 5.36. The lowest BCUT2D eigenvalue weighted by Gasteiger charge is -2.37. The molecule has 1 N–H and O–H groups in total. The third-order valence-electron chi connectivity index (χ3n) is 3.04. The Morgan fingerprint density at radius 1 is 1.38 bits per heavy atom. The van der Waals surface area contributed by atoms with Crippen LogP contribution in [0.5, 0.6) is 0 Å². The summed E-state index contributed by atoms with van der Waals surface area (Å²) in [6, 6.07) is 0.788. The number of hydrogen-bond acceptors (Lipinski definition) is 3. The summed E-state index contributed by atoms with van der Waals surface area (Å²) in [5, 5.41) is 8.78. The van der Waals surface area contributed by atoms with E-state index >= 15 is 0 Å². The fourth-order valence-corrected chi connectivity index (χ4v) is 1.88. The van der Waals surface area contributed by atoms with Gasteiger partial charge in [0.05, 0.1) is 12.7 Å². The molecule has 0 spiro atoms. The van der Waals surface area contributed by atoms with Crippen molar-refractivity contribution in [1.29, 1.82) is 0 Å². The summed E-state index contributed by atoms with van der Waals surface area (Å²) in [4.78, 5) is 2.50. The number of ether oxygens (including phenoxy) is 1. The van der Waals surface area contributed by atoms with E-state index < -0.39 is 0 Å². The second-order valence-corrected chi connectivity index (χ2v) is 4.11. The summed E-state index contributed by atoms with van der Waals surface area (Å²) >= 11 is 0. The van der Waals surface area contributed by atoms with E-state index in [1.54, 1.807) is 0 Å². The van der Waals surface area contributed by atoms with E-state index in [4.69, 9.17) is 9.84 Å². The van der Waals surface area contributed by atoms with Crippen LogP contribution in [0.25, 0.3) is 0 Å². The van der Waals surface area contributed by atoms with E-state index in [0.717, 1.165) is 32.2 Å². The third-order valence-corrected chi connectivity index (χ3v) is 3.04. The van der Waals surface area contributed by atoms with Crippen LogP contribution in [0.2, 0.25) is 0 Å². The zero-order chi connectivity index (χ0) is 9.10. The van der Waals surface area contributed by atoms with E-state index in [9.17, 15) is 0 Å². The summed E-state index contributed by atoms with van der Waals surface area (Å²) in [6.07, 6.45) is 5.48. The molecule has 0 bridgehead atoms. The molecule has 1 aliphatic carbocycles. The van der Waals surface area contributed by atoms with Gasteiger partial charge in [0, 0.05) is 25.7 Å². The Morgan fingerprint density at radius 3 is 2.62 bits per heavy atom. The topological polar surface area (TPSA) is 36.0 Å². The number of hydrogen-bond donors (Lipinski definition) is 1. The van der Waals surface area contributed by atoms with Crippen molar-refractivity contribution in [2.45, 2.75) is 37.8 Å². The SMILES string of the molecule is OCCCN(CC1CO1)C1CCC1. The van der Waals surface area contributed by atoms with Gasteiger partial charge >= 0.3 is 0 Å². The number of aliphatic hydroxyl groups excluding tert-OH is 1. The molecule has 3 nitrogen and oxygen atoms in total. The minimum absolute atomic E-state index is 0.314. The van der Waals surface area contributed by atoms with Crippen molar-refractivity contribution in [3.05, 3.63) is 0 Å². The van der Waals surface area contributed by atoms with Gasteiger partial charge in [0.2, 0.25) is 0 Å². The summed E-state index contributed by atoms with van der Waals surface area (Å²) in [6.45, 7) is 3.39. The van der Waals surface area contributed by atoms with Crippen molar-refractivity contribution in [1.82, 2.24) is 4.90 Å². The molecule has 2 rings (SSSR count). The third kappa shape index (κ3) is 2.66. The fourth-order valence-electron chi connectivity index (χ4n) is 1.88. The second-order valence-electron chi connectivity index (χ2n) is 4.11. The Balaban J connectivity index is 1.71. The van der Waals surface area contributed by atoms with Crippen LogP contribution in [0.3, 0.4) is 0 Å². The van der Waals surface area contributed by atoms with E-state index in [0.29, 0.717) is 12.7 Å². The molecule has 3 heteroatoms. The molecule has 1 unspecified atom stereocenters. The highest BCUT2D eigenvalue weighted by molar-refractivity contribution is 4.84. The monoisotopic (exact) mass is 185 g/mol. The smallest absolute Gasteiger partial charge is 0.0936 e. The minimum atomic E-state index is 0.314. The van der Waals surface area contributed by atoms with Gasteiger partial charge in [-0.25, -0.2) is 0 Å². The number of rotatable bonds is 6. The summed E-state index contributed by atoms with van der Waals surface area (Å²) in [5.74, 6) is 0. The van der Waals surface area contributed by atoms with Gasteiger partial charge in [-0.3, -0.25) is 4.90 Å². The van der Waals surface area contributed by atoms with Crippen LogP contribution in [0.15, 0.2) is 0 Å². The highest BCUT2D eigenvalue weighted by Gasteiger charge is 2.31. The maximum atomic E-state index is 8.78. The van der Waals surface area contributed by atoms with Gasteiger partial charge in [0.25, 0.3) is 0 Å². The first kappa shape index (κ1) is 9.44. The van der Waals surface area contributed by atoms with Crippen LogP contribution in [0.1, 0.15) is 25.7 Å². The maximum Gasteiger partial charge on any atom is 0.0936 e. The fraction of sp³-hybridized carbons (Fsp3) is 1.00. The van der Waals surface area contributed by atoms with E-state index in [1.807, 2.05) is 0 Å². The average molecular weight is 185 g/mol. The van der Waals surface area contributed by atoms with Gasteiger partial charge in [-0.05, 0) is 19.3 Å². The van der Waals surface area contributed by atoms with Crippen molar-refractivity contribution in [2.75, 3.05) is 26.3 Å². The first-order valence-electron chi connectivity index (χ1n) is 5.36. The van der Waals surface area contributed by atoms with E-state index in [-0.39, 0.29) is 0 Å². The van der Waals surface area contributed by atoms with Crippen LogP contribution in [-0.2, 0) is 4.74 Å². The zero-order valence-corrected chi connectivity index (χ0v) is 8.11. The molecule has 1 saturated heterocycles. The number of nitrogens with zero attached hydrogens (tertiary/aromatic N) is 1. The largest absolute Gasteiger partial charge is 0.396 e. The molecule has 0 aromatic carbocycles. The van der Waals surface area contributed by atoms with Crippen LogP contribution >= 0.6 is 0 Å². The van der Waals surface area contributed by atoms with Gasteiger partial charge in [0.1, 0.15) is 0 Å². The lowest BCUT2D eigenvalue weighted by atomic mass is 9.91. The van der Waals surface area contributed by atoms with Crippen molar-refractivity contribution >= 4 is 0 Å². The molecular formula is C10H19NO2. The molecule has 0 amide bonds. The average Bonchev–Trinajstić information content (AvgIpc) is 2.80. The quantitative estimate of drug-likeness (QED) is 0.616. The molecule has 1 heterocycles. The van der Waals surface area contributed by atoms with Gasteiger partial charge in [-0.1, -0.05) is 6.42 Å².